The zero-order valence-corrected chi connectivity index (χ0v) is 12.2. The molecular weight excluding hydrogens is 261 g/mol. The lowest BCUT2D eigenvalue weighted by molar-refractivity contribution is -0.103. The molecule has 3 aliphatic rings. The molecule has 3 saturated heterocycles. The third kappa shape index (κ3) is 1.84. The number of nitrogens with one attached hydrogen (secondary N) is 1. The average molecular weight is 285 g/mol. The van der Waals surface area contributed by atoms with Crippen molar-refractivity contribution in [2.45, 2.75) is 62.9 Å². The first-order chi connectivity index (χ1) is 9.38. The SMILES string of the molecule is CC1CN(C(=O)O)[C@](C)(F)C(C23CCCN2CCC3)N1. The lowest BCUT2D eigenvalue weighted by atomic mass is 9.78. The summed E-state index contributed by atoms with van der Waals surface area (Å²) < 4.78 is 15.4. The van der Waals surface area contributed by atoms with E-state index in [-0.39, 0.29) is 18.1 Å². The molecule has 0 aromatic heterocycles. The van der Waals surface area contributed by atoms with Gasteiger partial charge in [0.25, 0.3) is 0 Å². The van der Waals surface area contributed by atoms with Crippen molar-refractivity contribution in [2.75, 3.05) is 19.6 Å². The predicted octanol–water partition coefficient (Wildman–Crippen LogP) is 1.64. The number of carboxylic acid groups (broad SMARTS) is 1. The molecule has 1 amide bonds. The van der Waals surface area contributed by atoms with Gasteiger partial charge in [0, 0.05) is 18.1 Å². The smallest absolute Gasteiger partial charge is 0.409 e. The van der Waals surface area contributed by atoms with Crippen LogP contribution >= 0.6 is 0 Å². The Morgan fingerprint density at radius 2 is 1.95 bits per heavy atom. The van der Waals surface area contributed by atoms with Gasteiger partial charge in [-0.3, -0.25) is 9.80 Å². The third-order valence-corrected chi connectivity index (χ3v) is 5.44. The van der Waals surface area contributed by atoms with Gasteiger partial charge in [-0.05, 0) is 52.6 Å². The Balaban J connectivity index is 1.96. The molecule has 3 heterocycles. The number of nitrogens with zero attached hydrogens (tertiary/aromatic N) is 2. The molecule has 5 nitrogen and oxygen atoms in total. The van der Waals surface area contributed by atoms with E-state index in [9.17, 15) is 9.90 Å². The highest BCUT2D eigenvalue weighted by atomic mass is 19.1. The topological polar surface area (TPSA) is 55.8 Å². The first kappa shape index (κ1) is 14.1. The molecule has 3 aliphatic heterocycles. The van der Waals surface area contributed by atoms with Gasteiger partial charge in [0.2, 0.25) is 5.79 Å². The number of carbonyl (C=O) groups is 1. The van der Waals surface area contributed by atoms with Gasteiger partial charge < -0.3 is 10.4 Å². The van der Waals surface area contributed by atoms with Gasteiger partial charge in [-0.1, -0.05) is 0 Å². The highest BCUT2D eigenvalue weighted by Crippen LogP contribution is 2.47. The number of hydrogen-bond acceptors (Lipinski definition) is 3. The monoisotopic (exact) mass is 285 g/mol. The van der Waals surface area contributed by atoms with Crippen molar-refractivity contribution < 1.29 is 14.3 Å². The fourth-order valence-corrected chi connectivity index (χ4v) is 4.63. The molecular formula is C14H24FN3O2. The summed E-state index contributed by atoms with van der Waals surface area (Å²) in [5.74, 6) is -1.86. The van der Waals surface area contributed by atoms with Gasteiger partial charge in [-0.2, -0.15) is 0 Å². The van der Waals surface area contributed by atoms with E-state index in [0.717, 1.165) is 43.7 Å². The number of rotatable bonds is 1. The van der Waals surface area contributed by atoms with Crippen molar-refractivity contribution >= 4 is 6.09 Å². The van der Waals surface area contributed by atoms with Gasteiger partial charge in [-0.15, -0.1) is 0 Å². The lowest BCUT2D eigenvalue weighted by Crippen LogP contribution is -2.75. The maximum absolute atomic E-state index is 15.4. The minimum Gasteiger partial charge on any atom is -0.465 e. The molecule has 3 rings (SSSR count). The molecule has 0 radical (unpaired) electrons. The van der Waals surface area contributed by atoms with E-state index in [1.807, 2.05) is 6.92 Å². The standard InChI is InChI=1S/C14H24FN3O2/c1-10-9-18(12(19)20)13(2,15)11(16-10)14-5-3-7-17(14)8-4-6-14/h10-11,16H,3-9H2,1-2H3,(H,19,20)/t10?,11?,13-/m0/s1. The van der Waals surface area contributed by atoms with Crippen molar-refractivity contribution in [3.05, 3.63) is 0 Å². The molecule has 6 heteroatoms. The number of hydrogen-bond donors (Lipinski definition) is 2. The second kappa shape index (κ2) is 4.56. The molecule has 2 unspecified atom stereocenters. The van der Waals surface area contributed by atoms with Crippen LogP contribution in [0.2, 0.25) is 0 Å². The van der Waals surface area contributed by atoms with Crippen LogP contribution in [-0.4, -0.2) is 64.0 Å². The molecule has 0 spiro atoms. The third-order valence-electron chi connectivity index (χ3n) is 5.44. The van der Waals surface area contributed by atoms with Crippen LogP contribution in [0.1, 0.15) is 39.5 Å². The van der Waals surface area contributed by atoms with Crippen molar-refractivity contribution in [3.8, 4) is 0 Å². The summed E-state index contributed by atoms with van der Waals surface area (Å²) in [7, 11) is 0. The second-order valence-corrected chi connectivity index (χ2v) is 6.72. The Morgan fingerprint density at radius 3 is 2.50 bits per heavy atom. The van der Waals surface area contributed by atoms with E-state index < -0.39 is 17.9 Å². The molecule has 3 fully saturated rings. The molecule has 0 bridgehead atoms. The maximum atomic E-state index is 15.4. The zero-order valence-electron chi connectivity index (χ0n) is 12.2. The van der Waals surface area contributed by atoms with Crippen LogP contribution in [0.25, 0.3) is 0 Å². The number of fused-ring (bicyclic) bond motifs is 1. The average Bonchev–Trinajstić information content (AvgIpc) is 2.90. The first-order valence-corrected chi connectivity index (χ1v) is 7.58. The van der Waals surface area contributed by atoms with Crippen molar-refractivity contribution in [3.63, 3.8) is 0 Å². The quantitative estimate of drug-likeness (QED) is 0.719. The largest absolute Gasteiger partial charge is 0.465 e. The van der Waals surface area contributed by atoms with Crippen LogP contribution < -0.4 is 5.32 Å². The predicted molar refractivity (Wildman–Crippen MR) is 73.4 cm³/mol. The van der Waals surface area contributed by atoms with Crippen LogP contribution in [0.5, 0.6) is 0 Å². The number of amides is 1. The van der Waals surface area contributed by atoms with E-state index >= 15 is 4.39 Å². The minimum absolute atomic E-state index is 0.0163. The van der Waals surface area contributed by atoms with Gasteiger partial charge in [-0.25, -0.2) is 9.18 Å². The van der Waals surface area contributed by atoms with Gasteiger partial charge in [0.05, 0.1) is 6.04 Å². The normalized spacial score (nSPS) is 40.9. The van der Waals surface area contributed by atoms with Crippen molar-refractivity contribution in [1.29, 1.82) is 0 Å². The Kier molecular flexibility index (Phi) is 3.21. The van der Waals surface area contributed by atoms with Crippen molar-refractivity contribution in [2.24, 2.45) is 0 Å². The molecule has 20 heavy (non-hydrogen) atoms. The van der Waals surface area contributed by atoms with E-state index in [2.05, 4.69) is 10.2 Å². The molecule has 114 valence electrons. The summed E-state index contributed by atoms with van der Waals surface area (Å²) in [6, 6.07) is -0.461. The van der Waals surface area contributed by atoms with E-state index in [1.54, 1.807) is 0 Å². The van der Waals surface area contributed by atoms with Crippen LogP contribution in [0.4, 0.5) is 9.18 Å². The second-order valence-electron chi connectivity index (χ2n) is 6.72. The van der Waals surface area contributed by atoms with Gasteiger partial charge in [0.1, 0.15) is 0 Å². The highest BCUT2D eigenvalue weighted by molar-refractivity contribution is 5.66. The summed E-state index contributed by atoms with van der Waals surface area (Å²) in [5, 5.41) is 12.7. The van der Waals surface area contributed by atoms with Gasteiger partial charge in [0.15, 0.2) is 0 Å². The Hall–Kier alpha value is -0.880. The molecule has 0 saturated carbocycles. The Labute approximate surface area is 119 Å². The van der Waals surface area contributed by atoms with Crippen LogP contribution in [-0.2, 0) is 0 Å². The first-order valence-electron chi connectivity index (χ1n) is 7.58. The molecule has 2 N–H and O–H groups in total. The summed E-state index contributed by atoms with van der Waals surface area (Å²) >= 11 is 0. The molecule has 3 atom stereocenters. The van der Waals surface area contributed by atoms with Crippen molar-refractivity contribution in [1.82, 2.24) is 15.1 Å². The van der Waals surface area contributed by atoms with Crippen LogP contribution in [0.3, 0.4) is 0 Å². The fraction of sp³-hybridized carbons (Fsp3) is 0.929. The number of piperazine rings is 1. The highest BCUT2D eigenvalue weighted by Gasteiger charge is 2.60. The molecule has 0 aliphatic carbocycles. The summed E-state index contributed by atoms with van der Waals surface area (Å²) in [5.41, 5.74) is -0.202. The Bertz CT molecular complexity index is 405. The van der Waals surface area contributed by atoms with Crippen LogP contribution in [0, 0.1) is 0 Å². The van der Waals surface area contributed by atoms with E-state index in [0.29, 0.717) is 0 Å². The van der Waals surface area contributed by atoms with Gasteiger partial charge >= 0.3 is 6.09 Å². The summed E-state index contributed by atoms with van der Waals surface area (Å²) in [4.78, 5) is 14.8. The summed E-state index contributed by atoms with van der Waals surface area (Å²) in [6.07, 6.45) is 2.92. The molecule has 0 aromatic carbocycles. The minimum atomic E-state index is -1.86. The number of halogens is 1. The molecule has 0 aromatic rings. The van der Waals surface area contributed by atoms with Crippen LogP contribution in [0.15, 0.2) is 0 Å². The fourth-order valence-electron chi connectivity index (χ4n) is 4.63. The zero-order chi connectivity index (χ0) is 14.5. The Morgan fingerprint density at radius 1 is 1.35 bits per heavy atom. The number of alkyl halides is 1. The van der Waals surface area contributed by atoms with E-state index in [4.69, 9.17) is 0 Å². The summed E-state index contributed by atoms with van der Waals surface area (Å²) in [6.45, 7) is 5.58. The lowest BCUT2D eigenvalue weighted by Gasteiger charge is -2.53. The van der Waals surface area contributed by atoms with E-state index in [1.165, 1.54) is 6.92 Å². The maximum Gasteiger partial charge on any atom is 0.409 e.